The molecule has 1 aliphatic heterocycles. The Morgan fingerprint density at radius 3 is 2.95 bits per heavy atom. The van der Waals surface area contributed by atoms with Gasteiger partial charge < -0.3 is 20.1 Å². The highest BCUT2D eigenvalue weighted by Crippen LogP contribution is 2.29. The third kappa shape index (κ3) is 3.76. The summed E-state index contributed by atoms with van der Waals surface area (Å²) in [6.07, 6.45) is -0.113. The number of hydrogen-bond donors (Lipinski definition) is 1. The Bertz CT molecular complexity index is 487. The van der Waals surface area contributed by atoms with Crippen molar-refractivity contribution >= 4 is 34.9 Å². The lowest BCUT2D eigenvalue weighted by atomic mass is 10.2. The number of likely N-dealkylation sites (N-methyl/N-ethyl adjacent to an activating group) is 1. The number of anilines is 1. The normalized spacial score (nSPS) is 19.9. The Kier molecular flexibility index (Phi) is 5.10. The summed E-state index contributed by atoms with van der Waals surface area (Å²) in [5.74, 6) is -0.493. The molecule has 1 aromatic rings. The van der Waals surface area contributed by atoms with Crippen molar-refractivity contribution in [1.82, 2.24) is 4.90 Å². The number of esters is 1. The third-order valence-corrected chi connectivity index (χ3v) is 3.85. The maximum absolute atomic E-state index is 11.9. The van der Waals surface area contributed by atoms with Crippen molar-refractivity contribution in [3.63, 3.8) is 0 Å². The van der Waals surface area contributed by atoms with Crippen LogP contribution in [0.2, 0.25) is 10.0 Å². The van der Waals surface area contributed by atoms with Gasteiger partial charge in [0.05, 0.1) is 27.9 Å². The van der Waals surface area contributed by atoms with Gasteiger partial charge in [-0.05, 0) is 19.2 Å². The first-order valence-electron chi connectivity index (χ1n) is 6.19. The molecule has 1 saturated heterocycles. The van der Waals surface area contributed by atoms with Crippen molar-refractivity contribution < 1.29 is 14.3 Å². The summed E-state index contributed by atoms with van der Waals surface area (Å²) in [6, 6.07) is 2.89. The molecule has 0 radical (unpaired) electrons. The molecule has 7 heteroatoms. The number of carbonyl (C=O) groups excluding carboxylic acids is 1. The van der Waals surface area contributed by atoms with Gasteiger partial charge in [0.1, 0.15) is 12.7 Å². The lowest BCUT2D eigenvalue weighted by Gasteiger charge is -2.29. The van der Waals surface area contributed by atoms with Crippen LogP contribution in [-0.2, 0) is 9.47 Å². The second-order valence-corrected chi connectivity index (χ2v) is 5.50. The Balaban J connectivity index is 1.95. The van der Waals surface area contributed by atoms with E-state index in [1.165, 1.54) is 12.1 Å². The Labute approximate surface area is 127 Å². The highest BCUT2D eigenvalue weighted by Gasteiger charge is 2.20. The molecule has 5 nitrogen and oxygen atoms in total. The number of nitrogens with zero attached hydrogens (tertiary/aromatic N) is 1. The average molecular weight is 319 g/mol. The van der Waals surface area contributed by atoms with Crippen LogP contribution in [0, 0.1) is 0 Å². The first-order valence-corrected chi connectivity index (χ1v) is 6.94. The number of rotatable bonds is 3. The molecule has 2 N–H and O–H groups in total. The third-order valence-electron chi connectivity index (χ3n) is 3.03. The summed E-state index contributed by atoms with van der Waals surface area (Å²) < 4.78 is 10.7. The molecule has 1 aliphatic rings. The van der Waals surface area contributed by atoms with E-state index < -0.39 is 5.97 Å². The van der Waals surface area contributed by atoms with Crippen LogP contribution in [0.3, 0.4) is 0 Å². The van der Waals surface area contributed by atoms with Crippen LogP contribution in [0.15, 0.2) is 12.1 Å². The average Bonchev–Trinajstić information content (AvgIpc) is 2.41. The van der Waals surface area contributed by atoms with E-state index in [0.717, 1.165) is 13.1 Å². The summed E-state index contributed by atoms with van der Waals surface area (Å²) >= 11 is 11.7. The van der Waals surface area contributed by atoms with Crippen molar-refractivity contribution in [2.45, 2.75) is 6.10 Å². The largest absolute Gasteiger partial charge is 0.459 e. The van der Waals surface area contributed by atoms with Gasteiger partial charge in [0.15, 0.2) is 0 Å². The van der Waals surface area contributed by atoms with Gasteiger partial charge in [-0.3, -0.25) is 0 Å². The topological polar surface area (TPSA) is 64.8 Å². The van der Waals surface area contributed by atoms with E-state index >= 15 is 0 Å². The molecule has 1 atom stereocenters. The van der Waals surface area contributed by atoms with Gasteiger partial charge in [-0.25, -0.2) is 4.79 Å². The number of halogens is 2. The quantitative estimate of drug-likeness (QED) is 0.682. The molecule has 110 valence electrons. The van der Waals surface area contributed by atoms with Crippen LogP contribution in [0.5, 0.6) is 0 Å². The standard InChI is InChI=1S/C13H16Cl2N2O3/c1-17-2-3-19-9(6-17)7-20-13(18)8-4-10(14)12(15)11(16)5-8/h4-5,9H,2-3,6-7,16H2,1H3. The zero-order chi connectivity index (χ0) is 14.7. The molecular weight excluding hydrogens is 303 g/mol. The van der Waals surface area contributed by atoms with E-state index in [1.54, 1.807) is 0 Å². The van der Waals surface area contributed by atoms with Crippen molar-refractivity contribution in [3.8, 4) is 0 Å². The SMILES string of the molecule is CN1CCOC(COC(=O)c2cc(N)c(Cl)c(Cl)c2)C1. The van der Waals surface area contributed by atoms with Crippen molar-refractivity contribution in [1.29, 1.82) is 0 Å². The number of nitrogens with two attached hydrogens (primary N) is 1. The van der Waals surface area contributed by atoms with E-state index in [9.17, 15) is 4.79 Å². The number of hydrogen-bond acceptors (Lipinski definition) is 5. The summed E-state index contributed by atoms with van der Waals surface area (Å²) in [5.41, 5.74) is 6.19. The molecule has 1 aromatic carbocycles. The molecule has 0 amide bonds. The summed E-state index contributed by atoms with van der Waals surface area (Å²) in [6.45, 7) is 2.45. The predicted molar refractivity (Wildman–Crippen MR) is 78.4 cm³/mol. The van der Waals surface area contributed by atoms with Crippen LogP contribution in [0.1, 0.15) is 10.4 Å². The van der Waals surface area contributed by atoms with E-state index in [1.807, 2.05) is 7.05 Å². The molecule has 1 fully saturated rings. The lowest BCUT2D eigenvalue weighted by Crippen LogP contribution is -2.42. The van der Waals surface area contributed by atoms with Crippen LogP contribution in [0.4, 0.5) is 5.69 Å². The molecular formula is C13H16Cl2N2O3. The minimum Gasteiger partial charge on any atom is -0.459 e. The van der Waals surface area contributed by atoms with E-state index in [-0.39, 0.29) is 34.0 Å². The van der Waals surface area contributed by atoms with E-state index in [0.29, 0.717) is 6.61 Å². The van der Waals surface area contributed by atoms with Gasteiger partial charge in [-0.15, -0.1) is 0 Å². The molecule has 1 unspecified atom stereocenters. The molecule has 20 heavy (non-hydrogen) atoms. The fourth-order valence-corrected chi connectivity index (χ4v) is 2.28. The maximum Gasteiger partial charge on any atom is 0.338 e. The fraction of sp³-hybridized carbons (Fsp3) is 0.462. The minimum absolute atomic E-state index is 0.113. The van der Waals surface area contributed by atoms with Gasteiger partial charge in [-0.1, -0.05) is 23.2 Å². The molecule has 0 aliphatic carbocycles. The Hall–Kier alpha value is -1.01. The fourth-order valence-electron chi connectivity index (χ4n) is 1.95. The Morgan fingerprint density at radius 2 is 2.30 bits per heavy atom. The smallest absolute Gasteiger partial charge is 0.338 e. The summed E-state index contributed by atoms with van der Waals surface area (Å²) in [7, 11) is 2.00. The van der Waals surface area contributed by atoms with Gasteiger partial charge in [-0.2, -0.15) is 0 Å². The molecule has 0 bridgehead atoms. The molecule has 2 rings (SSSR count). The van der Waals surface area contributed by atoms with E-state index in [4.69, 9.17) is 38.4 Å². The molecule has 0 saturated carbocycles. The number of morpholine rings is 1. The van der Waals surface area contributed by atoms with Gasteiger partial charge in [0, 0.05) is 13.1 Å². The first kappa shape index (κ1) is 15.4. The van der Waals surface area contributed by atoms with Crippen molar-refractivity contribution in [3.05, 3.63) is 27.7 Å². The van der Waals surface area contributed by atoms with Crippen LogP contribution >= 0.6 is 23.2 Å². The lowest BCUT2D eigenvalue weighted by molar-refractivity contribution is -0.0528. The maximum atomic E-state index is 11.9. The minimum atomic E-state index is -0.493. The molecule has 0 spiro atoms. The number of nitrogen functional groups attached to an aromatic ring is 1. The zero-order valence-corrected chi connectivity index (χ0v) is 12.6. The molecule has 0 aromatic heterocycles. The van der Waals surface area contributed by atoms with Crippen molar-refractivity contribution in [2.24, 2.45) is 0 Å². The monoisotopic (exact) mass is 318 g/mol. The van der Waals surface area contributed by atoms with Crippen LogP contribution < -0.4 is 5.73 Å². The van der Waals surface area contributed by atoms with Gasteiger partial charge >= 0.3 is 5.97 Å². The second kappa shape index (κ2) is 6.63. The molecule has 1 heterocycles. The van der Waals surface area contributed by atoms with Crippen LogP contribution in [0.25, 0.3) is 0 Å². The number of ether oxygens (including phenoxy) is 2. The number of benzene rings is 1. The zero-order valence-electron chi connectivity index (χ0n) is 11.1. The summed E-state index contributed by atoms with van der Waals surface area (Å²) in [5, 5.41) is 0.465. The second-order valence-electron chi connectivity index (χ2n) is 4.71. The first-order chi connectivity index (χ1) is 9.47. The highest BCUT2D eigenvalue weighted by atomic mass is 35.5. The van der Waals surface area contributed by atoms with Crippen LogP contribution in [-0.4, -0.2) is 50.3 Å². The highest BCUT2D eigenvalue weighted by molar-refractivity contribution is 6.43. The predicted octanol–water partition coefficient (Wildman–Crippen LogP) is 2.06. The summed E-state index contributed by atoms with van der Waals surface area (Å²) in [4.78, 5) is 14.1. The van der Waals surface area contributed by atoms with Gasteiger partial charge in [0.2, 0.25) is 0 Å². The van der Waals surface area contributed by atoms with E-state index in [2.05, 4.69) is 4.90 Å². The number of carbonyl (C=O) groups is 1. The Morgan fingerprint density at radius 1 is 1.55 bits per heavy atom. The van der Waals surface area contributed by atoms with Gasteiger partial charge in [0.25, 0.3) is 0 Å². The van der Waals surface area contributed by atoms with Crippen molar-refractivity contribution in [2.75, 3.05) is 39.1 Å².